The van der Waals surface area contributed by atoms with E-state index in [1.807, 2.05) is 13.0 Å². The molecule has 0 saturated carbocycles. The van der Waals surface area contributed by atoms with Crippen LogP contribution in [0.1, 0.15) is 12.7 Å². The standard InChI is InChI=1S/C19H18ClN3O3/c1-3-17-21-14-7-5-4-6-13(14)19(25)23(17)11-18(24)22-15-10-12(20)8-9-16(15)26-2/h4-10H,3,11H2,1-2H3,(H,22,24). The summed E-state index contributed by atoms with van der Waals surface area (Å²) >= 11 is 5.98. The number of ether oxygens (including phenoxy) is 1. The van der Waals surface area contributed by atoms with E-state index >= 15 is 0 Å². The molecule has 0 fully saturated rings. The summed E-state index contributed by atoms with van der Waals surface area (Å²) in [6.45, 7) is 1.75. The molecule has 3 aromatic rings. The van der Waals surface area contributed by atoms with E-state index in [0.717, 1.165) is 0 Å². The van der Waals surface area contributed by atoms with Gasteiger partial charge < -0.3 is 10.1 Å². The van der Waals surface area contributed by atoms with Gasteiger partial charge in [-0.15, -0.1) is 0 Å². The van der Waals surface area contributed by atoms with Gasteiger partial charge >= 0.3 is 0 Å². The summed E-state index contributed by atoms with van der Waals surface area (Å²) in [5, 5.41) is 3.70. The minimum Gasteiger partial charge on any atom is -0.495 e. The first-order valence-corrected chi connectivity index (χ1v) is 8.53. The molecule has 0 spiro atoms. The Morgan fingerprint density at radius 1 is 1.27 bits per heavy atom. The van der Waals surface area contributed by atoms with E-state index in [4.69, 9.17) is 16.3 Å². The monoisotopic (exact) mass is 371 g/mol. The topological polar surface area (TPSA) is 73.2 Å². The van der Waals surface area contributed by atoms with Gasteiger partial charge in [0.2, 0.25) is 5.91 Å². The lowest BCUT2D eigenvalue weighted by atomic mass is 10.2. The number of nitrogens with one attached hydrogen (secondary N) is 1. The van der Waals surface area contributed by atoms with Crippen LogP contribution >= 0.6 is 11.6 Å². The Balaban J connectivity index is 1.94. The maximum atomic E-state index is 12.8. The number of benzene rings is 2. The zero-order valence-corrected chi connectivity index (χ0v) is 15.2. The molecule has 0 bridgehead atoms. The van der Waals surface area contributed by atoms with Crippen LogP contribution in [-0.2, 0) is 17.8 Å². The van der Waals surface area contributed by atoms with Gasteiger partial charge in [0, 0.05) is 11.4 Å². The third kappa shape index (κ3) is 3.55. The molecule has 0 unspecified atom stereocenters. The predicted molar refractivity (Wildman–Crippen MR) is 102 cm³/mol. The molecule has 0 aliphatic rings. The highest BCUT2D eigenvalue weighted by Crippen LogP contribution is 2.27. The molecule has 134 valence electrons. The Morgan fingerprint density at radius 2 is 2.04 bits per heavy atom. The zero-order valence-electron chi connectivity index (χ0n) is 14.5. The van der Waals surface area contributed by atoms with Crippen LogP contribution in [0.25, 0.3) is 10.9 Å². The van der Waals surface area contributed by atoms with Gasteiger partial charge in [-0.25, -0.2) is 4.98 Å². The molecule has 0 atom stereocenters. The molecule has 2 aromatic carbocycles. The number of rotatable bonds is 5. The predicted octanol–water partition coefficient (Wildman–Crippen LogP) is 3.26. The maximum Gasteiger partial charge on any atom is 0.261 e. The summed E-state index contributed by atoms with van der Waals surface area (Å²) in [7, 11) is 1.51. The Bertz CT molecular complexity index is 1030. The van der Waals surface area contributed by atoms with Crippen LogP contribution in [0.4, 0.5) is 5.69 Å². The number of methoxy groups -OCH3 is 1. The van der Waals surface area contributed by atoms with Crippen LogP contribution in [0.5, 0.6) is 5.75 Å². The highest BCUT2D eigenvalue weighted by atomic mass is 35.5. The van der Waals surface area contributed by atoms with Crippen LogP contribution in [-0.4, -0.2) is 22.6 Å². The van der Waals surface area contributed by atoms with Gasteiger partial charge in [0.1, 0.15) is 18.1 Å². The van der Waals surface area contributed by atoms with Crippen molar-refractivity contribution in [2.75, 3.05) is 12.4 Å². The maximum absolute atomic E-state index is 12.8. The van der Waals surface area contributed by atoms with Crippen molar-refractivity contribution in [3.8, 4) is 5.75 Å². The second-order valence-corrected chi connectivity index (χ2v) is 6.12. The Hall–Kier alpha value is -2.86. The molecule has 0 aliphatic heterocycles. The first-order valence-electron chi connectivity index (χ1n) is 8.15. The fraction of sp³-hybridized carbons (Fsp3) is 0.211. The molecule has 7 heteroatoms. The number of anilines is 1. The molecule has 1 N–H and O–H groups in total. The van der Waals surface area contributed by atoms with Gasteiger partial charge in [-0.1, -0.05) is 30.7 Å². The lowest BCUT2D eigenvalue weighted by Gasteiger charge is -2.14. The first kappa shape index (κ1) is 17.9. The third-order valence-corrected chi connectivity index (χ3v) is 4.23. The minimum absolute atomic E-state index is 0.143. The summed E-state index contributed by atoms with van der Waals surface area (Å²) in [6.07, 6.45) is 0.536. The molecular formula is C19H18ClN3O3. The fourth-order valence-corrected chi connectivity index (χ4v) is 2.93. The molecule has 1 aromatic heterocycles. The van der Waals surface area contributed by atoms with Gasteiger partial charge in [0.25, 0.3) is 5.56 Å². The van der Waals surface area contributed by atoms with Gasteiger partial charge in [0.05, 0.1) is 23.7 Å². The summed E-state index contributed by atoms with van der Waals surface area (Å²) < 4.78 is 6.62. The number of para-hydroxylation sites is 1. The summed E-state index contributed by atoms with van der Waals surface area (Å²) in [6, 6.07) is 12.0. The van der Waals surface area contributed by atoms with Crippen molar-refractivity contribution in [2.45, 2.75) is 19.9 Å². The summed E-state index contributed by atoms with van der Waals surface area (Å²) in [5.74, 6) is 0.684. The minimum atomic E-state index is -0.362. The average Bonchev–Trinajstić information content (AvgIpc) is 2.64. The number of nitrogens with zero attached hydrogens (tertiary/aromatic N) is 2. The number of hydrogen-bond acceptors (Lipinski definition) is 4. The van der Waals surface area contributed by atoms with Crippen molar-refractivity contribution in [2.24, 2.45) is 0 Å². The molecule has 1 heterocycles. The van der Waals surface area contributed by atoms with Crippen molar-refractivity contribution in [1.82, 2.24) is 9.55 Å². The van der Waals surface area contributed by atoms with Crippen molar-refractivity contribution in [3.63, 3.8) is 0 Å². The van der Waals surface area contributed by atoms with Gasteiger partial charge in [-0.05, 0) is 30.3 Å². The van der Waals surface area contributed by atoms with Crippen molar-refractivity contribution >= 4 is 34.1 Å². The quantitative estimate of drug-likeness (QED) is 0.747. The van der Waals surface area contributed by atoms with E-state index in [-0.39, 0.29) is 18.0 Å². The van der Waals surface area contributed by atoms with Crippen LogP contribution < -0.4 is 15.6 Å². The Labute approximate surface area is 155 Å². The number of carbonyl (C=O) groups is 1. The molecular weight excluding hydrogens is 354 g/mol. The third-order valence-electron chi connectivity index (χ3n) is 3.99. The lowest BCUT2D eigenvalue weighted by Crippen LogP contribution is -2.31. The van der Waals surface area contributed by atoms with Gasteiger partial charge in [-0.3, -0.25) is 14.2 Å². The summed E-state index contributed by atoms with van der Waals surface area (Å²) in [5.41, 5.74) is 0.841. The Kier molecular flexibility index (Phi) is 5.23. The molecule has 26 heavy (non-hydrogen) atoms. The molecule has 0 aliphatic carbocycles. The van der Waals surface area contributed by atoms with E-state index in [1.54, 1.807) is 36.4 Å². The molecule has 1 amide bonds. The molecule has 3 rings (SSSR count). The number of aromatic nitrogens is 2. The van der Waals surface area contributed by atoms with E-state index in [2.05, 4.69) is 10.3 Å². The zero-order chi connectivity index (χ0) is 18.7. The highest BCUT2D eigenvalue weighted by molar-refractivity contribution is 6.31. The number of fused-ring (bicyclic) bond motifs is 1. The van der Waals surface area contributed by atoms with E-state index < -0.39 is 0 Å². The second kappa shape index (κ2) is 7.58. The number of carbonyl (C=O) groups excluding carboxylic acids is 1. The van der Waals surface area contributed by atoms with Crippen LogP contribution in [0.2, 0.25) is 5.02 Å². The van der Waals surface area contributed by atoms with Crippen molar-refractivity contribution in [3.05, 3.63) is 63.7 Å². The number of halogens is 1. The largest absolute Gasteiger partial charge is 0.495 e. The second-order valence-electron chi connectivity index (χ2n) is 5.68. The normalized spacial score (nSPS) is 10.7. The van der Waals surface area contributed by atoms with Gasteiger partial charge in [0.15, 0.2) is 0 Å². The lowest BCUT2D eigenvalue weighted by molar-refractivity contribution is -0.116. The van der Waals surface area contributed by atoms with Crippen molar-refractivity contribution in [1.29, 1.82) is 0 Å². The van der Waals surface area contributed by atoms with E-state index in [0.29, 0.717) is 39.6 Å². The molecule has 0 saturated heterocycles. The molecule has 0 radical (unpaired) electrons. The molecule has 6 nitrogen and oxygen atoms in total. The number of amides is 1. The van der Waals surface area contributed by atoms with Crippen LogP contribution in [0, 0.1) is 0 Å². The van der Waals surface area contributed by atoms with E-state index in [1.165, 1.54) is 11.7 Å². The Morgan fingerprint density at radius 3 is 2.77 bits per heavy atom. The smallest absolute Gasteiger partial charge is 0.261 e. The van der Waals surface area contributed by atoms with Crippen molar-refractivity contribution < 1.29 is 9.53 Å². The summed E-state index contributed by atoms with van der Waals surface area (Å²) in [4.78, 5) is 29.8. The van der Waals surface area contributed by atoms with Crippen LogP contribution in [0.3, 0.4) is 0 Å². The van der Waals surface area contributed by atoms with Crippen LogP contribution in [0.15, 0.2) is 47.3 Å². The SMILES string of the molecule is CCc1nc2ccccc2c(=O)n1CC(=O)Nc1cc(Cl)ccc1OC. The number of aryl methyl sites for hydroxylation is 1. The van der Waals surface area contributed by atoms with Gasteiger partial charge in [-0.2, -0.15) is 0 Å². The highest BCUT2D eigenvalue weighted by Gasteiger charge is 2.14. The average molecular weight is 372 g/mol. The van der Waals surface area contributed by atoms with E-state index in [9.17, 15) is 9.59 Å². The fourth-order valence-electron chi connectivity index (χ4n) is 2.76. The number of hydrogen-bond donors (Lipinski definition) is 1. The first-order chi connectivity index (χ1) is 12.5.